The molecule has 0 amide bonds. The molecule has 1 saturated carbocycles. The van der Waals surface area contributed by atoms with Gasteiger partial charge in [0.1, 0.15) is 5.82 Å². The quantitative estimate of drug-likeness (QED) is 0.792. The molecule has 0 aliphatic heterocycles. The number of aliphatic hydroxyl groups is 1. The van der Waals surface area contributed by atoms with Crippen molar-refractivity contribution in [2.24, 2.45) is 5.92 Å². The van der Waals surface area contributed by atoms with Gasteiger partial charge in [-0.3, -0.25) is 0 Å². The fraction of sp³-hybridized carbons (Fsp3) is 0.583. The summed E-state index contributed by atoms with van der Waals surface area (Å²) in [6, 6.07) is 3.92. The molecule has 0 atom stereocenters. The normalized spacial score (nSPS) is 24.4. The lowest BCUT2D eigenvalue weighted by Crippen LogP contribution is -2.36. The average Bonchev–Trinajstić information content (AvgIpc) is 2.19. The summed E-state index contributed by atoms with van der Waals surface area (Å²) in [6.45, 7) is 1.84. The summed E-state index contributed by atoms with van der Waals surface area (Å²) in [4.78, 5) is 6.31. The van der Waals surface area contributed by atoms with Gasteiger partial charge in [-0.05, 0) is 31.9 Å². The van der Waals surface area contributed by atoms with Crippen LogP contribution in [0.3, 0.4) is 0 Å². The third-order valence-corrected chi connectivity index (χ3v) is 3.15. The summed E-state index contributed by atoms with van der Waals surface area (Å²) in [5.41, 5.74) is 6.86. The van der Waals surface area contributed by atoms with Gasteiger partial charge in [-0.2, -0.15) is 0 Å². The highest BCUT2D eigenvalue weighted by Gasteiger charge is 2.27. The van der Waals surface area contributed by atoms with E-state index in [0.29, 0.717) is 11.7 Å². The molecular weight excluding hydrogens is 202 g/mol. The maximum Gasteiger partial charge on any atom is 0.127 e. The van der Waals surface area contributed by atoms with Crippen molar-refractivity contribution in [3.05, 3.63) is 23.9 Å². The van der Waals surface area contributed by atoms with E-state index in [0.717, 1.165) is 31.5 Å². The molecule has 0 aromatic carbocycles. The molecule has 1 aliphatic rings. The van der Waals surface area contributed by atoms with Crippen LogP contribution in [0.5, 0.6) is 0 Å². The van der Waals surface area contributed by atoms with E-state index in [1.807, 2.05) is 12.1 Å². The van der Waals surface area contributed by atoms with Crippen molar-refractivity contribution in [1.82, 2.24) is 9.88 Å². The van der Waals surface area contributed by atoms with Gasteiger partial charge in [-0.1, -0.05) is 6.07 Å². The van der Waals surface area contributed by atoms with Crippen LogP contribution in [0.1, 0.15) is 18.4 Å². The minimum atomic E-state index is -0.0677. The molecule has 0 bridgehead atoms. The molecule has 0 spiro atoms. The summed E-state index contributed by atoms with van der Waals surface area (Å²) in [7, 11) is 2.08. The van der Waals surface area contributed by atoms with Gasteiger partial charge in [0, 0.05) is 24.8 Å². The first-order chi connectivity index (χ1) is 7.65. The zero-order valence-corrected chi connectivity index (χ0v) is 9.63. The molecule has 1 aromatic heterocycles. The predicted molar refractivity (Wildman–Crippen MR) is 63.7 cm³/mol. The summed E-state index contributed by atoms with van der Waals surface area (Å²) in [5.74, 6) is 1.25. The first-order valence-electron chi connectivity index (χ1n) is 5.71. The lowest BCUT2D eigenvalue weighted by molar-refractivity contribution is 0.0274. The predicted octanol–water partition coefficient (Wildman–Crippen LogP) is 0.867. The molecule has 0 radical (unpaired) electrons. The van der Waals surface area contributed by atoms with Crippen LogP contribution < -0.4 is 5.73 Å². The number of anilines is 1. The summed E-state index contributed by atoms with van der Waals surface area (Å²) in [5, 5.41) is 9.22. The molecule has 4 heteroatoms. The summed E-state index contributed by atoms with van der Waals surface area (Å²) in [6.07, 6.45) is 3.52. The lowest BCUT2D eigenvalue weighted by Gasteiger charge is -2.34. The van der Waals surface area contributed by atoms with E-state index in [9.17, 15) is 5.11 Å². The van der Waals surface area contributed by atoms with Crippen LogP contribution in [0, 0.1) is 5.92 Å². The van der Waals surface area contributed by atoms with E-state index in [4.69, 9.17) is 5.73 Å². The SMILES string of the molecule is CN(Cc1cccnc1N)CC1CC(O)C1. The van der Waals surface area contributed by atoms with Gasteiger partial charge in [0.05, 0.1) is 6.10 Å². The molecule has 3 N–H and O–H groups in total. The number of nitrogens with zero attached hydrogens (tertiary/aromatic N) is 2. The van der Waals surface area contributed by atoms with Crippen molar-refractivity contribution in [3.8, 4) is 0 Å². The van der Waals surface area contributed by atoms with E-state index in [-0.39, 0.29) is 6.10 Å². The molecule has 0 unspecified atom stereocenters. The average molecular weight is 221 g/mol. The topological polar surface area (TPSA) is 62.4 Å². The Hall–Kier alpha value is -1.13. The smallest absolute Gasteiger partial charge is 0.127 e. The number of nitrogens with two attached hydrogens (primary N) is 1. The second-order valence-corrected chi connectivity index (χ2v) is 4.74. The number of pyridine rings is 1. The van der Waals surface area contributed by atoms with Crippen LogP contribution in [0.25, 0.3) is 0 Å². The van der Waals surface area contributed by atoms with Crippen LogP contribution in [0.4, 0.5) is 5.82 Å². The third kappa shape index (κ3) is 2.71. The van der Waals surface area contributed by atoms with Crippen molar-refractivity contribution < 1.29 is 5.11 Å². The van der Waals surface area contributed by atoms with Gasteiger partial charge in [-0.15, -0.1) is 0 Å². The van der Waals surface area contributed by atoms with E-state index >= 15 is 0 Å². The largest absolute Gasteiger partial charge is 0.393 e. The Balaban J connectivity index is 1.83. The Kier molecular flexibility index (Phi) is 3.41. The Bertz CT molecular complexity index is 350. The molecule has 1 aliphatic carbocycles. The van der Waals surface area contributed by atoms with E-state index in [2.05, 4.69) is 16.9 Å². The van der Waals surface area contributed by atoms with Crippen LogP contribution in [0.2, 0.25) is 0 Å². The highest BCUT2D eigenvalue weighted by molar-refractivity contribution is 5.38. The van der Waals surface area contributed by atoms with E-state index in [1.54, 1.807) is 6.20 Å². The molecular formula is C12H19N3O. The fourth-order valence-corrected chi connectivity index (χ4v) is 2.23. The van der Waals surface area contributed by atoms with Gasteiger partial charge in [0.25, 0.3) is 0 Å². The Morgan fingerprint density at radius 3 is 2.94 bits per heavy atom. The number of rotatable bonds is 4. The van der Waals surface area contributed by atoms with Gasteiger partial charge < -0.3 is 15.7 Å². The first kappa shape index (κ1) is 11.4. The zero-order chi connectivity index (χ0) is 11.5. The molecule has 88 valence electrons. The number of nitrogen functional groups attached to an aromatic ring is 1. The third-order valence-electron chi connectivity index (χ3n) is 3.15. The van der Waals surface area contributed by atoms with Crippen LogP contribution in [-0.2, 0) is 6.54 Å². The van der Waals surface area contributed by atoms with Crippen LogP contribution in [0.15, 0.2) is 18.3 Å². The van der Waals surface area contributed by atoms with Crippen molar-refractivity contribution in [3.63, 3.8) is 0 Å². The van der Waals surface area contributed by atoms with Gasteiger partial charge >= 0.3 is 0 Å². The second-order valence-electron chi connectivity index (χ2n) is 4.74. The maximum absolute atomic E-state index is 9.22. The Morgan fingerprint density at radius 1 is 1.56 bits per heavy atom. The molecule has 1 aromatic rings. The Morgan fingerprint density at radius 2 is 2.31 bits per heavy atom. The van der Waals surface area contributed by atoms with Crippen molar-refractivity contribution in [1.29, 1.82) is 0 Å². The fourth-order valence-electron chi connectivity index (χ4n) is 2.23. The standard InChI is InChI=1S/C12H19N3O/c1-15(7-9-5-11(16)6-9)8-10-3-2-4-14-12(10)13/h2-4,9,11,16H,5-8H2,1H3,(H2,13,14). The monoisotopic (exact) mass is 221 g/mol. The second kappa shape index (κ2) is 4.80. The van der Waals surface area contributed by atoms with Crippen molar-refractivity contribution >= 4 is 5.82 Å². The maximum atomic E-state index is 9.22. The van der Waals surface area contributed by atoms with Gasteiger partial charge in [-0.25, -0.2) is 4.98 Å². The highest BCUT2D eigenvalue weighted by atomic mass is 16.3. The number of hydrogen-bond acceptors (Lipinski definition) is 4. The molecule has 1 fully saturated rings. The lowest BCUT2D eigenvalue weighted by atomic mass is 9.82. The van der Waals surface area contributed by atoms with E-state index in [1.165, 1.54) is 0 Å². The van der Waals surface area contributed by atoms with E-state index < -0.39 is 0 Å². The van der Waals surface area contributed by atoms with Crippen LogP contribution >= 0.6 is 0 Å². The zero-order valence-electron chi connectivity index (χ0n) is 9.63. The first-order valence-corrected chi connectivity index (χ1v) is 5.71. The summed E-state index contributed by atoms with van der Waals surface area (Å²) >= 11 is 0. The number of hydrogen-bond donors (Lipinski definition) is 2. The molecule has 4 nitrogen and oxygen atoms in total. The molecule has 0 saturated heterocycles. The Labute approximate surface area is 96.1 Å². The van der Waals surface area contributed by atoms with Gasteiger partial charge in [0.2, 0.25) is 0 Å². The van der Waals surface area contributed by atoms with Gasteiger partial charge in [0.15, 0.2) is 0 Å². The minimum Gasteiger partial charge on any atom is -0.393 e. The molecule has 1 heterocycles. The highest BCUT2D eigenvalue weighted by Crippen LogP contribution is 2.28. The number of aliphatic hydroxyl groups excluding tert-OH is 1. The minimum absolute atomic E-state index is 0.0677. The van der Waals surface area contributed by atoms with Crippen molar-refractivity contribution in [2.45, 2.75) is 25.5 Å². The molecule has 2 rings (SSSR count). The summed E-state index contributed by atoms with van der Waals surface area (Å²) < 4.78 is 0. The van der Waals surface area contributed by atoms with Crippen molar-refractivity contribution in [2.75, 3.05) is 19.3 Å². The van der Waals surface area contributed by atoms with Crippen LogP contribution in [-0.4, -0.2) is 34.7 Å². The molecule has 16 heavy (non-hydrogen) atoms. The number of aromatic nitrogens is 1.